The molecule has 3 heteroatoms. The van der Waals surface area contributed by atoms with E-state index in [0.29, 0.717) is 0 Å². The molecule has 1 atom stereocenters. The highest BCUT2D eigenvalue weighted by atomic mass is 16.2. The van der Waals surface area contributed by atoms with E-state index >= 15 is 0 Å². The zero-order chi connectivity index (χ0) is 14.4. The average Bonchev–Trinajstić information content (AvgIpc) is 2.50. The standard InChI is InChI=1S/C17H24N2O/c1-3-11-18-17(20)19-16(4-2)15-10-9-13-7-5-6-8-14(13)12-15/h3,9-12,16H,4-8H2,1-2H3,(H2,18,19,20)/b11-3+. The fourth-order valence-corrected chi connectivity index (χ4v) is 2.75. The highest BCUT2D eigenvalue weighted by Crippen LogP contribution is 2.25. The van der Waals surface area contributed by atoms with Crippen molar-refractivity contribution in [1.82, 2.24) is 10.6 Å². The van der Waals surface area contributed by atoms with Crippen LogP contribution in [-0.2, 0) is 12.8 Å². The first-order chi connectivity index (χ1) is 9.74. The van der Waals surface area contributed by atoms with Gasteiger partial charge in [-0.15, -0.1) is 0 Å². The summed E-state index contributed by atoms with van der Waals surface area (Å²) in [5.41, 5.74) is 4.15. The first kappa shape index (κ1) is 14.6. The Morgan fingerprint density at radius 1 is 1.30 bits per heavy atom. The molecule has 2 N–H and O–H groups in total. The van der Waals surface area contributed by atoms with Crippen LogP contribution in [0.25, 0.3) is 0 Å². The highest BCUT2D eigenvalue weighted by Gasteiger charge is 2.15. The highest BCUT2D eigenvalue weighted by molar-refractivity contribution is 5.75. The number of nitrogens with one attached hydrogen (secondary N) is 2. The zero-order valence-corrected chi connectivity index (χ0v) is 12.4. The summed E-state index contributed by atoms with van der Waals surface area (Å²) in [6, 6.07) is 6.60. The molecule has 0 aliphatic heterocycles. The van der Waals surface area contributed by atoms with Gasteiger partial charge in [0.1, 0.15) is 0 Å². The van der Waals surface area contributed by atoms with Crippen LogP contribution in [0.5, 0.6) is 0 Å². The summed E-state index contributed by atoms with van der Waals surface area (Å²) in [7, 11) is 0. The number of fused-ring (bicyclic) bond motifs is 1. The van der Waals surface area contributed by atoms with Gasteiger partial charge >= 0.3 is 6.03 Å². The maximum atomic E-state index is 11.8. The number of urea groups is 1. The minimum atomic E-state index is -0.146. The van der Waals surface area contributed by atoms with E-state index in [0.717, 1.165) is 6.42 Å². The molecule has 0 bridgehead atoms. The van der Waals surface area contributed by atoms with E-state index in [1.165, 1.54) is 42.4 Å². The third-order valence-corrected chi connectivity index (χ3v) is 3.87. The van der Waals surface area contributed by atoms with Gasteiger partial charge in [0.2, 0.25) is 0 Å². The van der Waals surface area contributed by atoms with Crippen LogP contribution in [0, 0.1) is 0 Å². The van der Waals surface area contributed by atoms with E-state index in [1.807, 2.05) is 6.92 Å². The molecule has 1 aliphatic carbocycles. The van der Waals surface area contributed by atoms with Crippen LogP contribution in [-0.4, -0.2) is 6.03 Å². The van der Waals surface area contributed by atoms with Gasteiger partial charge in [-0.2, -0.15) is 0 Å². The van der Waals surface area contributed by atoms with Gasteiger partial charge in [-0.05, 0) is 55.7 Å². The summed E-state index contributed by atoms with van der Waals surface area (Å²) in [6.45, 7) is 3.97. The smallest absolute Gasteiger partial charge is 0.319 e. The van der Waals surface area contributed by atoms with Crippen molar-refractivity contribution in [2.75, 3.05) is 0 Å². The van der Waals surface area contributed by atoms with E-state index in [2.05, 4.69) is 35.8 Å². The molecule has 2 amide bonds. The molecule has 108 valence electrons. The minimum absolute atomic E-state index is 0.0764. The van der Waals surface area contributed by atoms with Crippen LogP contribution in [0.3, 0.4) is 0 Å². The summed E-state index contributed by atoms with van der Waals surface area (Å²) in [6.07, 6.45) is 9.29. The monoisotopic (exact) mass is 272 g/mol. The lowest BCUT2D eigenvalue weighted by Crippen LogP contribution is -2.35. The van der Waals surface area contributed by atoms with Crippen LogP contribution in [0.2, 0.25) is 0 Å². The van der Waals surface area contributed by atoms with Crippen LogP contribution in [0.15, 0.2) is 30.5 Å². The Morgan fingerprint density at radius 3 is 2.75 bits per heavy atom. The molecule has 0 saturated carbocycles. The van der Waals surface area contributed by atoms with Crippen molar-refractivity contribution >= 4 is 6.03 Å². The van der Waals surface area contributed by atoms with Gasteiger partial charge in [0.05, 0.1) is 6.04 Å². The fourth-order valence-electron chi connectivity index (χ4n) is 2.75. The maximum Gasteiger partial charge on any atom is 0.319 e. The zero-order valence-electron chi connectivity index (χ0n) is 12.4. The number of carbonyl (C=O) groups is 1. The van der Waals surface area contributed by atoms with Gasteiger partial charge in [0, 0.05) is 6.20 Å². The summed E-state index contributed by atoms with van der Waals surface area (Å²) >= 11 is 0. The second-order valence-electron chi connectivity index (χ2n) is 5.31. The van der Waals surface area contributed by atoms with Gasteiger partial charge in [-0.3, -0.25) is 0 Å². The molecule has 20 heavy (non-hydrogen) atoms. The van der Waals surface area contributed by atoms with E-state index < -0.39 is 0 Å². The summed E-state index contributed by atoms with van der Waals surface area (Å²) in [5.74, 6) is 0. The Labute approximate surface area is 121 Å². The number of amides is 2. The topological polar surface area (TPSA) is 41.1 Å². The third kappa shape index (κ3) is 3.62. The van der Waals surface area contributed by atoms with Crippen molar-refractivity contribution in [2.24, 2.45) is 0 Å². The van der Waals surface area contributed by atoms with Crippen molar-refractivity contribution in [2.45, 2.75) is 52.0 Å². The predicted octanol–water partition coefficient (Wildman–Crippen LogP) is 3.85. The Morgan fingerprint density at radius 2 is 2.05 bits per heavy atom. The second-order valence-corrected chi connectivity index (χ2v) is 5.31. The van der Waals surface area contributed by atoms with Crippen molar-refractivity contribution in [3.63, 3.8) is 0 Å². The van der Waals surface area contributed by atoms with Crippen molar-refractivity contribution in [1.29, 1.82) is 0 Å². The molecule has 0 heterocycles. The van der Waals surface area contributed by atoms with E-state index in [-0.39, 0.29) is 12.1 Å². The van der Waals surface area contributed by atoms with E-state index in [9.17, 15) is 4.79 Å². The first-order valence-corrected chi connectivity index (χ1v) is 7.54. The van der Waals surface area contributed by atoms with E-state index in [4.69, 9.17) is 0 Å². The molecule has 0 fully saturated rings. The lowest BCUT2D eigenvalue weighted by Gasteiger charge is -2.21. The van der Waals surface area contributed by atoms with Gasteiger partial charge in [0.25, 0.3) is 0 Å². The Bertz CT molecular complexity index is 494. The minimum Gasteiger partial charge on any atom is -0.331 e. The average molecular weight is 272 g/mol. The van der Waals surface area contributed by atoms with Crippen molar-refractivity contribution in [3.05, 3.63) is 47.2 Å². The molecule has 0 aromatic heterocycles. The largest absolute Gasteiger partial charge is 0.331 e. The number of benzene rings is 1. The van der Waals surface area contributed by atoms with Crippen LogP contribution in [0.4, 0.5) is 4.79 Å². The molecule has 0 radical (unpaired) electrons. The number of hydrogen-bond acceptors (Lipinski definition) is 1. The first-order valence-electron chi connectivity index (χ1n) is 7.54. The van der Waals surface area contributed by atoms with E-state index in [1.54, 1.807) is 12.3 Å². The molecule has 1 aromatic carbocycles. The summed E-state index contributed by atoms with van der Waals surface area (Å²) in [5, 5.41) is 5.72. The van der Waals surface area contributed by atoms with Crippen molar-refractivity contribution in [3.8, 4) is 0 Å². The number of aryl methyl sites for hydroxylation is 2. The molecule has 3 nitrogen and oxygen atoms in total. The van der Waals surface area contributed by atoms with Gasteiger partial charge < -0.3 is 10.6 Å². The molecule has 0 spiro atoms. The molecule has 1 aromatic rings. The Hall–Kier alpha value is -1.77. The fraction of sp³-hybridized carbons (Fsp3) is 0.471. The predicted molar refractivity (Wildman–Crippen MR) is 82.6 cm³/mol. The molecule has 2 rings (SSSR count). The quantitative estimate of drug-likeness (QED) is 0.859. The Kier molecular flexibility index (Phi) is 5.22. The molecule has 0 saturated heterocycles. The molecule has 1 aliphatic rings. The van der Waals surface area contributed by atoms with Gasteiger partial charge in [-0.1, -0.05) is 31.2 Å². The molecular formula is C17H24N2O. The number of hydrogen-bond donors (Lipinski definition) is 2. The van der Waals surface area contributed by atoms with Crippen LogP contribution < -0.4 is 10.6 Å². The SMILES string of the molecule is C/C=C/NC(=O)NC(CC)c1ccc2c(c1)CCCC2. The number of rotatable bonds is 4. The third-order valence-electron chi connectivity index (χ3n) is 3.87. The Balaban J connectivity index is 2.09. The van der Waals surface area contributed by atoms with Gasteiger partial charge in [-0.25, -0.2) is 4.79 Å². The normalized spacial score (nSPS) is 15.7. The lowest BCUT2D eigenvalue weighted by molar-refractivity contribution is 0.240. The van der Waals surface area contributed by atoms with Crippen LogP contribution in [0.1, 0.15) is 55.8 Å². The maximum absolute atomic E-state index is 11.8. The number of carbonyl (C=O) groups excluding carboxylic acids is 1. The summed E-state index contributed by atoms with van der Waals surface area (Å²) in [4.78, 5) is 11.8. The lowest BCUT2D eigenvalue weighted by atomic mass is 9.89. The van der Waals surface area contributed by atoms with Crippen molar-refractivity contribution < 1.29 is 4.79 Å². The second kappa shape index (κ2) is 7.13. The van der Waals surface area contributed by atoms with Gasteiger partial charge in [0.15, 0.2) is 0 Å². The molecule has 1 unspecified atom stereocenters. The number of allylic oxidation sites excluding steroid dienone is 1. The molecular weight excluding hydrogens is 248 g/mol. The van der Waals surface area contributed by atoms with Crippen LogP contribution >= 0.6 is 0 Å². The summed E-state index contributed by atoms with van der Waals surface area (Å²) < 4.78 is 0.